The minimum absolute atomic E-state index is 0. The summed E-state index contributed by atoms with van der Waals surface area (Å²) in [5.41, 5.74) is 6.93. The van der Waals surface area contributed by atoms with Crippen LogP contribution in [0, 0.1) is 11.3 Å². The monoisotopic (exact) mass is 519 g/mol. The number of rotatable bonds is 4. The van der Waals surface area contributed by atoms with E-state index in [1.807, 2.05) is 17.0 Å². The van der Waals surface area contributed by atoms with E-state index in [-0.39, 0.29) is 67.0 Å². The molecule has 2 amide bonds. The molecule has 0 aromatic heterocycles. The number of nitrogens with two attached hydrogens (primary N) is 1. The van der Waals surface area contributed by atoms with Crippen LogP contribution in [-0.4, -0.2) is 54.3 Å². The molecule has 33 heavy (non-hydrogen) atoms. The van der Waals surface area contributed by atoms with Crippen LogP contribution < -0.4 is 16.0 Å². The van der Waals surface area contributed by atoms with Gasteiger partial charge in [0.2, 0.25) is 11.8 Å². The zero-order valence-corrected chi connectivity index (χ0v) is 21.4. The number of fused-ring (bicyclic) bond motifs is 1. The van der Waals surface area contributed by atoms with Gasteiger partial charge in [0.15, 0.2) is 0 Å². The summed E-state index contributed by atoms with van der Waals surface area (Å²) in [7, 11) is 1.77. The molecular formula is C23H36Cl3N5O2. The first kappa shape index (κ1) is 29.5. The summed E-state index contributed by atoms with van der Waals surface area (Å²) in [5.74, 6) is 0.521. The largest absolute Gasteiger partial charge is 0.384 e. The normalized spacial score (nSPS) is 26.0. The Morgan fingerprint density at radius 2 is 1.67 bits per heavy atom. The minimum atomic E-state index is -0.396. The molecule has 7 nitrogen and oxygen atoms in total. The lowest BCUT2D eigenvalue weighted by Crippen LogP contribution is -2.56. The van der Waals surface area contributed by atoms with Gasteiger partial charge in [-0.05, 0) is 68.8 Å². The Labute approximate surface area is 214 Å². The molecule has 4 rings (SSSR count). The van der Waals surface area contributed by atoms with Crippen LogP contribution in [-0.2, 0) is 9.59 Å². The van der Waals surface area contributed by atoms with Crippen molar-refractivity contribution in [1.29, 1.82) is 5.41 Å². The van der Waals surface area contributed by atoms with Gasteiger partial charge in [-0.1, -0.05) is 19.3 Å². The predicted octanol–water partition coefficient (Wildman–Crippen LogP) is 3.50. The summed E-state index contributed by atoms with van der Waals surface area (Å²) in [5, 5.41) is 10.9. The standard InChI is InChI=1S/C23H33N5O2.3ClH/c1-27(17-11-9-15(10-12-17)21(24)25)23(30)20-14-16-6-2-3-8-19(16)28(20)22(29)18-7-4-5-13-26-18;;;/h9-12,16,18-20,26H,2-8,13-14H2,1H3,(H3,24,25);3*1H/t16?,18-,19?,20?;;;/m1.../s1. The van der Waals surface area contributed by atoms with Crippen molar-refractivity contribution in [3.8, 4) is 0 Å². The molecule has 2 heterocycles. The Kier molecular flexibility index (Phi) is 11.4. The van der Waals surface area contributed by atoms with Crippen LogP contribution in [0.15, 0.2) is 24.3 Å². The van der Waals surface area contributed by atoms with Gasteiger partial charge in [0.1, 0.15) is 11.9 Å². The molecular weight excluding hydrogens is 485 g/mol. The van der Waals surface area contributed by atoms with Crippen LogP contribution in [0.4, 0.5) is 5.69 Å². The van der Waals surface area contributed by atoms with Gasteiger partial charge >= 0.3 is 0 Å². The maximum absolute atomic E-state index is 13.6. The number of anilines is 1. The van der Waals surface area contributed by atoms with Gasteiger partial charge in [-0.3, -0.25) is 15.0 Å². The van der Waals surface area contributed by atoms with Crippen molar-refractivity contribution < 1.29 is 9.59 Å². The first-order valence-corrected chi connectivity index (χ1v) is 11.2. The fourth-order valence-electron chi connectivity index (χ4n) is 5.46. The number of carbonyl (C=O) groups is 2. The number of nitrogens with zero attached hydrogens (tertiary/aromatic N) is 2. The molecule has 0 radical (unpaired) electrons. The summed E-state index contributed by atoms with van der Waals surface area (Å²) in [6.45, 7) is 0.874. The van der Waals surface area contributed by atoms with E-state index >= 15 is 0 Å². The molecule has 4 atom stereocenters. The number of halogens is 3. The van der Waals surface area contributed by atoms with Gasteiger partial charge < -0.3 is 20.9 Å². The van der Waals surface area contributed by atoms with Crippen LogP contribution in [0.1, 0.15) is 56.9 Å². The van der Waals surface area contributed by atoms with E-state index in [4.69, 9.17) is 11.1 Å². The number of hydrogen-bond donors (Lipinski definition) is 3. The molecule has 2 saturated heterocycles. The van der Waals surface area contributed by atoms with E-state index in [1.165, 1.54) is 6.42 Å². The second-order valence-electron chi connectivity index (χ2n) is 8.97. The fourth-order valence-corrected chi connectivity index (χ4v) is 5.46. The number of nitrogen functional groups attached to an aromatic ring is 1. The molecule has 0 bridgehead atoms. The quantitative estimate of drug-likeness (QED) is 0.418. The number of benzene rings is 1. The maximum Gasteiger partial charge on any atom is 0.249 e. The van der Waals surface area contributed by atoms with Gasteiger partial charge in [0.05, 0.1) is 6.04 Å². The second kappa shape index (κ2) is 12.8. The smallest absolute Gasteiger partial charge is 0.249 e. The highest BCUT2D eigenvalue weighted by Gasteiger charge is 2.49. The first-order chi connectivity index (χ1) is 14.5. The highest BCUT2D eigenvalue weighted by molar-refractivity contribution is 6.01. The van der Waals surface area contributed by atoms with Gasteiger partial charge in [-0.2, -0.15) is 0 Å². The average molecular weight is 521 g/mol. The van der Waals surface area contributed by atoms with Crippen molar-refractivity contribution in [1.82, 2.24) is 10.2 Å². The van der Waals surface area contributed by atoms with Crippen molar-refractivity contribution in [3.05, 3.63) is 29.8 Å². The summed E-state index contributed by atoms with van der Waals surface area (Å²) < 4.78 is 0. The first-order valence-electron chi connectivity index (χ1n) is 11.2. The van der Waals surface area contributed by atoms with Crippen molar-refractivity contribution in [2.45, 2.75) is 69.5 Å². The summed E-state index contributed by atoms with van der Waals surface area (Å²) >= 11 is 0. The lowest BCUT2D eigenvalue weighted by atomic mass is 9.84. The molecule has 3 aliphatic rings. The third-order valence-electron chi connectivity index (χ3n) is 7.13. The molecule has 10 heteroatoms. The van der Waals surface area contributed by atoms with Crippen molar-refractivity contribution >= 4 is 60.6 Å². The number of amides is 2. The van der Waals surface area contributed by atoms with Gasteiger partial charge in [0, 0.05) is 24.3 Å². The third kappa shape index (κ3) is 6.13. The van der Waals surface area contributed by atoms with Crippen LogP contribution in [0.3, 0.4) is 0 Å². The predicted molar refractivity (Wildman–Crippen MR) is 139 cm³/mol. The Morgan fingerprint density at radius 1 is 1.03 bits per heavy atom. The number of hydrogen-bond acceptors (Lipinski definition) is 4. The summed E-state index contributed by atoms with van der Waals surface area (Å²) in [6.07, 6.45) is 8.22. The van der Waals surface area contributed by atoms with Crippen LogP contribution in [0.5, 0.6) is 0 Å². The second-order valence-corrected chi connectivity index (χ2v) is 8.97. The van der Waals surface area contributed by atoms with Gasteiger partial charge in [0.25, 0.3) is 0 Å². The Bertz CT molecular complexity index is 817. The highest BCUT2D eigenvalue weighted by atomic mass is 35.5. The van der Waals surface area contributed by atoms with Crippen molar-refractivity contribution in [2.75, 3.05) is 18.5 Å². The number of piperidine rings is 1. The van der Waals surface area contributed by atoms with E-state index in [9.17, 15) is 9.59 Å². The van der Waals surface area contributed by atoms with Crippen LogP contribution >= 0.6 is 37.2 Å². The molecule has 0 spiro atoms. The van der Waals surface area contributed by atoms with Crippen molar-refractivity contribution in [3.63, 3.8) is 0 Å². The van der Waals surface area contributed by atoms with Crippen molar-refractivity contribution in [2.24, 2.45) is 11.7 Å². The number of carbonyl (C=O) groups excluding carboxylic acids is 2. The number of amidine groups is 1. The zero-order valence-electron chi connectivity index (χ0n) is 19.0. The lowest BCUT2D eigenvalue weighted by Gasteiger charge is -2.37. The van der Waals surface area contributed by atoms with Crippen LogP contribution in [0.2, 0.25) is 0 Å². The molecule has 4 N–H and O–H groups in total. The molecule has 2 aliphatic heterocycles. The van der Waals surface area contributed by atoms with Crippen LogP contribution in [0.25, 0.3) is 0 Å². The summed E-state index contributed by atoms with van der Waals surface area (Å²) in [6, 6.07) is 6.77. The van der Waals surface area contributed by atoms with E-state index in [0.29, 0.717) is 11.5 Å². The van der Waals surface area contributed by atoms with E-state index in [2.05, 4.69) is 5.32 Å². The average Bonchev–Trinajstić information content (AvgIpc) is 3.17. The molecule has 3 unspecified atom stereocenters. The highest BCUT2D eigenvalue weighted by Crippen LogP contribution is 2.41. The third-order valence-corrected chi connectivity index (χ3v) is 7.13. The molecule has 1 saturated carbocycles. The minimum Gasteiger partial charge on any atom is -0.384 e. The molecule has 3 fully saturated rings. The fraction of sp³-hybridized carbons (Fsp3) is 0.609. The lowest BCUT2D eigenvalue weighted by molar-refractivity contribution is -0.142. The SMILES string of the molecule is CN(C(=O)C1CC2CCCCC2N1C(=O)[C@H]1CCCCN1)c1ccc(C(=N)N)cc1.Cl.Cl.Cl. The number of nitrogens with one attached hydrogen (secondary N) is 2. The van der Waals surface area contributed by atoms with E-state index in [1.54, 1.807) is 24.1 Å². The maximum atomic E-state index is 13.6. The Balaban J connectivity index is 0.00000181. The van der Waals surface area contributed by atoms with E-state index in [0.717, 1.165) is 57.2 Å². The molecule has 1 aromatic rings. The van der Waals surface area contributed by atoms with Gasteiger partial charge in [-0.15, -0.1) is 37.2 Å². The molecule has 186 valence electrons. The Hall–Kier alpha value is -1.54. The topological polar surface area (TPSA) is 103 Å². The molecule has 1 aromatic carbocycles. The molecule has 1 aliphatic carbocycles. The van der Waals surface area contributed by atoms with Gasteiger partial charge in [-0.25, -0.2) is 0 Å². The summed E-state index contributed by atoms with van der Waals surface area (Å²) in [4.78, 5) is 30.7. The van der Waals surface area contributed by atoms with E-state index < -0.39 is 6.04 Å². The number of likely N-dealkylation sites (tertiary alicyclic amines) is 1. The Morgan fingerprint density at radius 3 is 2.27 bits per heavy atom. The number of likely N-dealkylation sites (N-methyl/N-ethyl adjacent to an activating group) is 1. The zero-order chi connectivity index (χ0) is 21.3.